The Bertz CT molecular complexity index is 964. The number of carboxylic acids is 1. The lowest BCUT2D eigenvalue weighted by molar-refractivity contribution is 0.0692. The van der Waals surface area contributed by atoms with Crippen LogP contribution in [0.3, 0.4) is 0 Å². The summed E-state index contributed by atoms with van der Waals surface area (Å²) < 4.78 is 0. The Morgan fingerprint density at radius 1 is 0.808 bits per heavy atom. The Hall–Kier alpha value is -3.60. The average Bonchev–Trinajstić information content (AvgIpc) is 2.63. The number of amides is 1. The molecule has 130 valence electrons. The minimum absolute atomic E-state index is 0.0129. The highest BCUT2D eigenvalue weighted by Crippen LogP contribution is 2.30. The number of benzene rings is 3. The molecule has 0 aliphatic carbocycles. The summed E-state index contributed by atoms with van der Waals surface area (Å²) >= 11 is 0. The fourth-order valence-corrected chi connectivity index (χ4v) is 2.69. The second kappa shape index (κ2) is 7.11. The molecule has 3 rings (SSSR count). The van der Waals surface area contributed by atoms with E-state index in [1.165, 1.54) is 29.2 Å². The molecule has 3 aromatic carbocycles. The molecule has 0 radical (unpaired) electrons. The Morgan fingerprint density at radius 3 is 2.08 bits per heavy atom. The lowest BCUT2D eigenvalue weighted by Gasteiger charge is -2.24. The predicted molar refractivity (Wildman–Crippen MR) is 99.2 cm³/mol. The maximum atomic E-state index is 13.2. The quantitative estimate of drug-likeness (QED) is 0.734. The topological polar surface area (TPSA) is 77.8 Å². The number of aromatic hydroxyl groups is 1. The van der Waals surface area contributed by atoms with E-state index in [2.05, 4.69) is 0 Å². The van der Waals surface area contributed by atoms with Gasteiger partial charge in [0.05, 0.1) is 16.8 Å². The fourth-order valence-electron chi connectivity index (χ4n) is 2.69. The average molecular weight is 347 g/mol. The van der Waals surface area contributed by atoms with Crippen molar-refractivity contribution in [1.29, 1.82) is 0 Å². The summed E-state index contributed by atoms with van der Waals surface area (Å²) in [6.07, 6.45) is 0. The molecule has 5 heteroatoms. The standard InChI is InChI=1S/C21H17NO4/c1-14-9-11-15(12-10-14)22(16-5-4-6-17(23)13-16)20(24)18-7-2-3-8-19(18)21(25)26/h2-13,23H,1H3,(H,25,26). The second-order valence-corrected chi connectivity index (χ2v) is 5.85. The third kappa shape index (κ3) is 3.42. The first-order chi connectivity index (χ1) is 12.5. The van der Waals surface area contributed by atoms with Crippen LogP contribution >= 0.6 is 0 Å². The first kappa shape index (κ1) is 17.2. The molecule has 0 atom stereocenters. The van der Waals surface area contributed by atoms with Crippen molar-refractivity contribution in [3.05, 3.63) is 89.5 Å². The molecule has 0 unspecified atom stereocenters. The largest absolute Gasteiger partial charge is 0.508 e. The third-order valence-electron chi connectivity index (χ3n) is 3.97. The number of carbonyl (C=O) groups excluding carboxylic acids is 1. The summed E-state index contributed by atoms with van der Waals surface area (Å²) in [4.78, 5) is 26.1. The van der Waals surface area contributed by atoms with Crippen LogP contribution in [0.1, 0.15) is 26.3 Å². The summed E-state index contributed by atoms with van der Waals surface area (Å²) in [6, 6.07) is 19.6. The van der Waals surface area contributed by atoms with Crippen molar-refractivity contribution in [2.45, 2.75) is 6.92 Å². The van der Waals surface area contributed by atoms with Crippen molar-refractivity contribution in [2.24, 2.45) is 0 Å². The van der Waals surface area contributed by atoms with Crippen LogP contribution < -0.4 is 4.90 Å². The number of nitrogens with zero attached hydrogens (tertiary/aromatic N) is 1. The van der Waals surface area contributed by atoms with Crippen LogP contribution in [0, 0.1) is 6.92 Å². The van der Waals surface area contributed by atoms with Crippen LogP contribution in [0.2, 0.25) is 0 Å². The molecule has 0 spiro atoms. The van der Waals surface area contributed by atoms with Crippen molar-refractivity contribution < 1.29 is 19.8 Å². The number of aromatic carboxylic acids is 1. The molecular formula is C21H17NO4. The van der Waals surface area contributed by atoms with Gasteiger partial charge in [-0.05, 0) is 43.3 Å². The van der Waals surface area contributed by atoms with E-state index in [0.717, 1.165) is 5.56 Å². The van der Waals surface area contributed by atoms with E-state index in [1.54, 1.807) is 36.4 Å². The van der Waals surface area contributed by atoms with Crippen LogP contribution in [0.5, 0.6) is 5.75 Å². The van der Waals surface area contributed by atoms with Gasteiger partial charge in [0.2, 0.25) is 0 Å². The third-order valence-corrected chi connectivity index (χ3v) is 3.97. The molecular weight excluding hydrogens is 330 g/mol. The lowest BCUT2D eigenvalue weighted by atomic mass is 10.0. The van der Waals surface area contributed by atoms with Gasteiger partial charge in [-0.1, -0.05) is 35.9 Å². The van der Waals surface area contributed by atoms with Crippen molar-refractivity contribution in [3.8, 4) is 5.75 Å². The van der Waals surface area contributed by atoms with E-state index in [9.17, 15) is 19.8 Å². The van der Waals surface area contributed by atoms with E-state index in [4.69, 9.17) is 0 Å². The number of phenols is 1. The van der Waals surface area contributed by atoms with Crippen molar-refractivity contribution in [3.63, 3.8) is 0 Å². The first-order valence-electron chi connectivity index (χ1n) is 8.00. The van der Waals surface area contributed by atoms with Gasteiger partial charge < -0.3 is 10.2 Å². The normalized spacial score (nSPS) is 10.3. The molecule has 0 aliphatic heterocycles. The maximum Gasteiger partial charge on any atom is 0.336 e. The van der Waals surface area contributed by atoms with E-state index in [-0.39, 0.29) is 16.9 Å². The SMILES string of the molecule is Cc1ccc(N(C(=O)c2ccccc2C(=O)O)c2cccc(O)c2)cc1. The molecule has 0 fully saturated rings. The van der Waals surface area contributed by atoms with Crippen molar-refractivity contribution in [2.75, 3.05) is 4.90 Å². The monoisotopic (exact) mass is 347 g/mol. The van der Waals surface area contributed by atoms with Gasteiger partial charge in [0.15, 0.2) is 0 Å². The van der Waals surface area contributed by atoms with Crippen molar-refractivity contribution in [1.82, 2.24) is 0 Å². The van der Waals surface area contributed by atoms with Gasteiger partial charge in [0.25, 0.3) is 5.91 Å². The number of anilines is 2. The zero-order chi connectivity index (χ0) is 18.7. The van der Waals surface area contributed by atoms with E-state index in [0.29, 0.717) is 11.4 Å². The molecule has 1 amide bonds. The van der Waals surface area contributed by atoms with Gasteiger partial charge in [-0.3, -0.25) is 9.69 Å². The molecule has 0 saturated carbocycles. The molecule has 0 heterocycles. The van der Waals surface area contributed by atoms with Gasteiger partial charge in [0, 0.05) is 11.8 Å². The highest BCUT2D eigenvalue weighted by Gasteiger charge is 2.24. The minimum atomic E-state index is -1.17. The summed E-state index contributed by atoms with van der Waals surface area (Å²) in [6.45, 7) is 1.93. The smallest absolute Gasteiger partial charge is 0.336 e. The molecule has 26 heavy (non-hydrogen) atoms. The molecule has 0 aliphatic rings. The number of rotatable bonds is 4. The first-order valence-corrected chi connectivity index (χ1v) is 8.00. The lowest BCUT2D eigenvalue weighted by Crippen LogP contribution is -2.27. The second-order valence-electron chi connectivity index (χ2n) is 5.85. The van der Waals surface area contributed by atoms with E-state index < -0.39 is 11.9 Å². The zero-order valence-electron chi connectivity index (χ0n) is 14.1. The molecule has 2 N–H and O–H groups in total. The summed E-state index contributed by atoms with van der Waals surface area (Å²) in [7, 11) is 0. The summed E-state index contributed by atoms with van der Waals surface area (Å²) in [5, 5.41) is 19.2. The Labute approximate surface area is 150 Å². The van der Waals surface area contributed by atoms with Crippen LogP contribution in [0.4, 0.5) is 11.4 Å². The van der Waals surface area contributed by atoms with E-state index in [1.807, 2.05) is 19.1 Å². The Balaban J connectivity index is 2.16. The highest BCUT2D eigenvalue weighted by molar-refractivity contribution is 6.15. The van der Waals surface area contributed by atoms with Gasteiger partial charge in [-0.25, -0.2) is 4.79 Å². The van der Waals surface area contributed by atoms with Crippen LogP contribution in [0.25, 0.3) is 0 Å². The maximum absolute atomic E-state index is 13.2. The minimum Gasteiger partial charge on any atom is -0.508 e. The molecule has 0 bridgehead atoms. The molecule has 0 aromatic heterocycles. The number of aryl methyl sites for hydroxylation is 1. The van der Waals surface area contributed by atoms with Gasteiger partial charge in [0.1, 0.15) is 5.75 Å². The molecule has 0 saturated heterocycles. The number of hydrogen-bond donors (Lipinski definition) is 2. The zero-order valence-corrected chi connectivity index (χ0v) is 14.1. The van der Waals surface area contributed by atoms with Crippen molar-refractivity contribution >= 4 is 23.3 Å². The fraction of sp³-hybridized carbons (Fsp3) is 0.0476. The van der Waals surface area contributed by atoms with E-state index >= 15 is 0 Å². The Kier molecular flexibility index (Phi) is 4.71. The highest BCUT2D eigenvalue weighted by atomic mass is 16.4. The number of carboxylic acid groups (broad SMARTS) is 1. The summed E-state index contributed by atoms with van der Waals surface area (Å²) in [5.41, 5.74) is 2.05. The van der Waals surface area contributed by atoms with Gasteiger partial charge >= 0.3 is 5.97 Å². The van der Waals surface area contributed by atoms with Gasteiger partial charge in [-0.15, -0.1) is 0 Å². The van der Waals surface area contributed by atoms with Crippen LogP contribution in [-0.2, 0) is 0 Å². The van der Waals surface area contributed by atoms with Crippen LogP contribution in [-0.4, -0.2) is 22.1 Å². The molecule has 3 aromatic rings. The Morgan fingerprint density at radius 2 is 1.46 bits per heavy atom. The molecule has 5 nitrogen and oxygen atoms in total. The number of carbonyl (C=O) groups is 2. The number of hydrogen-bond acceptors (Lipinski definition) is 3. The summed E-state index contributed by atoms with van der Waals surface area (Å²) in [5.74, 6) is -1.65. The predicted octanol–water partition coefficient (Wildman–Crippen LogP) is 4.38. The van der Waals surface area contributed by atoms with Gasteiger partial charge in [-0.2, -0.15) is 0 Å². The number of phenolic OH excluding ortho intramolecular Hbond substituents is 1. The van der Waals surface area contributed by atoms with Crippen LogP contribution in [0.15, 0.2) is 72.8 Å².